The third-order valence-corrected chi connectivity index (χ3v) is 4.97. The Labute approximate surface area is 147 Å². The van der Waals surface area contributed by atoms with E-state index in [9.17, 15) is 9.18 Å². The molecule has 1 amide bonds. The van der Waals surface area contributed by atoms with Crippen LogP contribution in [0.3, 0.4) is 0 Å². The third-order valence-electron chi connectivity index (χ3n) is 2.76. The zero-order valence-electron chi connectivity index (χ0n) is 11.5. The molecular formula is C14H10BrFN4OS2. The summed E-state index contributed by atoms with van der Waals surface area (Å²) in [6, 6.07) is 8.32. The van der Waals surface area contributed by atoms with Crippen LogP contribution in [0.4, 0.5) is 10.1 Å². The van der Waals surface area contributed by atoms with Gasteiger partial charge >= 0.3 is 0 Å². The topological polar surface area (TPSA) is 70.7 Å². The Morgan fingerprint density at radius 2 is 2.30 bits per heavy atom. The molecule has 0 atom stereocenters. The number of thioether (sulfide) groups is 1. The monoisotopic (exact) mass is 412 g/mol. The van der Waals surface area contributed by atoms with Crippen LogP contribution in [0.2, 0.25) is 0 Å². The molecule has 9 heteroatoms. The maximum absolute atomic E-state index is 13.7. The van der Waals surface area contributed by atoms with Crippen molar-refractivity contribution in [2.75, 3.05) is 11.1 Å². The number of thiophene rings is 1. The summed E-state index contributed by atoms with van der Waals surface area (Å²) in [6.45, 7) is 0. The summed E-state index contributed by atoms with van der Waals surface area (Å²) in [5.41, 5.74) is 0.146. The van der Waals surface area contributed by atoms with Gasteiger partial charge in [-0.1, -0.05) is 33.8 Å². The highest BCUT2D eigenvalue weighted by molar-refractivity contribution is 9.10. The molecule has 0 aliphatic heterocycles. The van der Waals surface area contributed by atoms with Gasteiger partial charge in [-0.25, -0.2) is 9.37 Å². The van der Waals surface area contributed by atoms with Gasteiger partial charge in [-0.2, -0.15) is 0 Å². The lowest BCUT2D eigenvalue weighted by molar-refractivity contribution is -0.113. The molecule has 0 fully saturated rings. The van der Waals surface area contributed by atoms with Crippen molar-refractivity contribution in [2.45, 2.75) is 5.16 Å². The number of nitrogens with one attached hydrogen (secondary N) is 2. The Bertz CT molecular complexity index is 822. The van der Waals surface area contributed by atoms with Crippen molar-refractivity contribution >= 4 is 50.6 Å². The number of rotatable bonds is 5. The van der Waals surface area contributed by atoms with Crippen LogP contribution in [0.25, 0.3) is 10.7 Å². The maximum atomic E-state index is 13.7. The summed E-state index contributed by atoms with van der Waals surface area (Å²) in [6.07, 6.45) is 0. The van der Waals surface area contributed by atoms with Crippen LogP contribution in [0.5, 0.6) is 0 Å². The van der Waals surface area contributed by atoms with Crippen molar-refractivity contribution in [1.82, 2.24) is 15.2 Å². The van der Waals surface area contributed by atoms with Crippen molar-refractivity contribution in [2.24, 2.45) is 0 Å². The summed E-state index contributed by atoms with van der Waals surface area (Å²) in [5.74, 6) is -0.0480. The highest BCUT2D eigenvalue weighted by atomic mass is 79.9. The minimum absolute atomic E-state index is 0.0945. The molecule has 0 unspecified atom stereocenters. The molecule has 0 aliphatic carbocycles. The number of amides is 1. The van der Waals surface area contributed by atoms with Crippen LogP contribution in [0.15, 0.2) is 45.3 Å². The van der Waals surface area contributed by atoms with E-state index in [1.165, 1.54) is 23.9 Å². The third kappa shape index (κ3) is 4.18. The molecule has 3 aromatic rings. The number of hydrogen-bond donors (Lipinski definition) is 2. The molecule has 0 saturated heterocycles. The molecule has 0 radical (unpaired) electrons. The number of carbonyl (C=O) groups is 1. The van der Waals surface area contributed by atoms with Crippen LogP contribution < -0.4 is 5.32 Å². The molecule has 2 heterocycles. The van der Waals surface area contributed by atoms with Gasteiger partial charge in [0.25, 0.3) is 0 Å². The fourth-order valence-corrected chi connectivity index (χ4v) is 3.34. The van der Waals surface area contributed by atoms with Crippen molar-refractivity contribution in [3.05, 3.63) is 46.0 Å². The molecule has 0 bridgehead atoms. The molecule has 0 spiro atoms. The average Bonchev–Trinajstić information content (AvgIpc) is 3.18. The van der Waals surface area contributed by atoms with Gasteiger partial charge in [0.1, 0.15) is 5.82 Å². The minimum Gasteiger partial charge on any atom is -0.323 e. The van der Waals surface area contributed by atoms with Gasteiger partial charge in [0.2, 0.25) is 11.1 Å². The largest absolute Gasteiger partial charge is 0.323 e. The minimum atomic E-state index is -0.490. The average molecular weight is 413 g/mol. The number of halogens is 2. The number of nitrogens with zero attached hydrogens (tertiary/aromatic N) is 2. The first-order chi connectivity index (χ1) is 11.1. The highest BCUT2D eigenvalue weighted by Crippen LogP contribution is 2.23. The molecule has 2 aromatic heterocycles. The zero-order valence-corrected chi connectivity index (χ0v) is 14.8. The summed E-state index contributed by atoms with van der Waals surface area (Å²) in [7, 11) is 0. The Morgan fingerprint density at radius 3 is 3.04 bits per heavy atom. The normalized spacial score (nSPS) is 10.7. The van der Waals surface area contributed by atoms with E-state index < -0.39 is 5.82 Å². The van der Waals surface area contributed by atoms with Gasteiger partial charge in [-0.3, -0.25) is 9.89 Å². The van der Waals surface area contributed by atoms with Gasteiger partial charge in [0.15, 0.2) is 5.82 Å². The Balaban J connectivity index is 1.57. The van der Waals surface area contributed by atoms with Crippen LogP contribution in [-0.2, 0) is 4.79 Å². The van der Waals surface area contributed by atoms with E-state index in [0.717, 1.165) is 4.88 Å². The SMILES string of the molecule is O=C(CSc1n[nH]c(-c2cccs2)n1)Nc1ccc(Br)cc1F. The van der Waals surface area contributed by atoms with E-state index in [0.29, 0.717) is 15.5 Å². The van der Waals surface area contributed by atoms with Crippen molar-refractivity contribution in [3.63, 3.8) is 0 Å². The standard InChI is InChI=1S/C14H10BrFN4OS2/c15-8-3-4-10(9(16)6-8)17-12(21)7-23-14-18-13(19-20-14)11-2-1-5-22-11/h1-6H,7H2,(H,17,21)(H,18,19,20). The second-order valence-corrected chi connectivity index (χ2v) is 7.21. The molecule has 1 aromatic carbocycles. The number of carbonyl (C=O) groups excluding carboxylic acids is 1. The summed E-state index contributed by atoms with van der Waals surface area (Å²) >= 11 is 5.90. The van der Waals surface area contributed by atoms with E-state index in [2.05, 4.69) is 36.4 Å². The van der Waals surface area contributed by atoms with E-state index in [-0.39, 0.29) is 17.3 Å². The molecule has 118 valence electrons. The first kappa shape index (κ1) is 16.2. The fourth-order valence-electron chi connectivity index (χ4n) is 1.74. The van der Waals surface area contributed by atoms with E-state index in [1.807, 2.05) is 17.5 Å². The first-order valence-electron chi connectivity index (χ1n) is 6.46. The summed E-state index contributed by atoms with van der Waals surface area (Å²) in [4.78, 5) is 17.2. The van der Waals surface area contributed by atoms with Crippen LogP contribution in [0.1, 0.15) is 0 Å². The molecule has 5 nitrogen and oxygen atoms in total. The van der Waals surface area contributed by atoms with Crippen molar-refractivity contribution < 1.29 is 9.18 Å². The Kier molecular flexibility index (Phi) is 5.09. The van der Waals surface area contributed by atoms with Crippen molar-refractivity contribution in [1.29, 1.82) is 0 Å². The number of anilines is 1. The molecule has 23 heavy (non-hydrogen) atoms. The van der Waals surface area contributed by atoms with Crippen molar-refractivity contribution in [3.8, 4) is 10.7 Å². The van der Waals surface area contributed by atoms with Crippen LogP contribution >= 0.6 is 39.0 Å². The Morgan fingerprint density at radius 1 is 1.43 bits per heavy atom. The van der Waals surface area contributed by atoms with Gasteiger partial charge in [-0.05, 0) is 29.6 Å². The molecule has 0 aliphatic rings. The van der Waals surface area contributed by atoms with Gasteiger partial charge in [0.05, 0.1) is 16.3 Å². The predicted molar refractivity (Wildman–Crippen MR) is 93.1 cm³/mol. The van der Waals surface area contributed by atoms with Gasteiger partial charge < -0.3 is 5.32 Å². The second kappa shape index (κ2) is 7.24. The van der Waals surface area contributed by atoms with Gasteiger partial charge in [-0.15, -0.1) is 16.4 Å². The summed E-state index contributed by atoms with van der Waals surface area (Å²) in [5, 5.41) is 11.8. The molecule has 2 N–H and O–H groups in total. The van der Waals surface area contributed by atoms with E-state index in [1.54, 1.807) is 17.4 Å². The molecule has 3 rings (SSSR count). The van der Waals surface area contributed by atoms with Crippen LogP contribution in [0, 0.1) is 5.82 Å². The highest BCUT2D eigenvalue weighted by Gasteiger charge is 2.11. The second-order valence-electron chi connectivity index (χ2n) is 4.40. The molecule has 0 saturated carbocycles. The quantitative estimate of drug-likeness (QED) is 0.617. The number of hydrogen-bond acceptors (Lipinski definition) is 5. The summed E-state index contributed by atoms with van der Waals surface area (Å²) < 4.78 is 14.3. The van der Waals surface area contributed by atoms with Gasteiger partial charge in [0, 0.05) is 4.47 Å². The van der Waals surface area contributed by atoms with Crippen LogP contribution in [-0.4, -0.2) is 26.8 Å². The number of aromatic nitrogens is 3. The maximum Gasteiger partial charge on any atom is 0.234 e. The van der Waals surface area contributed by atoms with E-state index >= 15 is 0 Å². The Hall–Kier alpha value is -1.71. The lowest BCUT2D eigenvalue weighted by atomic mass is 10.3. The fraction of sp³-hybridized carbons (Fsp3) is 0.0714. The number of benzene rings is 1. The number of aromatic amines is 1. The number of H-pyrrole nitrogens is 1. The first-order valence-corrected chi connectivity index (χ1v) is 9.11. The smallest absolute Gasteiger partial charge is 0.234 e. The lowest BCUT2D eigenvalue weighted by Crippen LogP contribution is -2.15. The molecular weight excluding hydrogens is 403 g/mol. The lowest BCUT2D eigenvalue weighted by Gasteiger charge is -2.05. The predicted octanol–water partition coefficient (Wildman–Crippen LogP) is 4.17. The van der Waals surface area contributed by atoms with E-state index in [4.69, 9.17) is 0 Å². The zero-order chi connectivity index (χ0) is 16.2.